The van der Waals surface area contributed by atoms with E-state index in [0.29, 0.717) is 30.2 Å². The molecule has 1 heterocycles. The van der Waals surface area contributed by atoms with Crippen LogP contribution in [0.25, 0.3) is 0 Å². The SMILES string of the molecule is C[C@]12CCC(=O)N[C@@H]1CC[C@@H]1[C@@H]2CC[C@@]2(C)[C@H]1CC[C@@]2(O)CCCCO. The molecule has 7 atom stereocenters. The summed E-state index contributed by atoms with van der Waals surface area (Å²) in [5, 5.41) is 24.0. The maximum atomic E-state index is 11.9. The molecule has 3 aliphatic carbocycles. The topological polar surface area (TPSA) is 69.6 Å². The monoisotopic (exact) mass is 363 g/mol. The Kier molecular flexibility index (Phi) is 4.67. The summed E-state index contributed by atoms with van der Waals surface area (Å²) < 4.78 is 0. The minimum absolute atomic E-state index is 0.0325. The van der Waals surface area contributed by atoms with Gasteiger partial charge in [-0.3, -0.25) is 4.79 Å². The van der Waals surface area contributed by atoms with E-state index in [9.17, 15) is 9.90 Å². The molecule has 3 saturated carbocycles. The van der Waals surface area contributed by atoms with Gasteiger partial charge in [0.05, 0.1) is 5.60 Å². The van der Waals surface area contributed by atoms with Crippen molar-refractivity contribution in [2.45, 2.75) is 96.1 Å². The zero-order valence-corrected chi connectivity index (χ0v) is 16.6. The van der Waals surface area contributed by atoms with Crippen LogP contribution in [0.1, 0.15) is 84.5 Å². The molecule has 0 radical (unpaired) electrons. The minimum atomic E-state index is -0.545. The van der Waals surface area contributed by atoms with Crippen molar-refractivity contribution in [3.8, 4) is 0 Å². The molecule has 0 aromatic carbocycles. The Labute approximate surface area is 158 Å². The summed E-state index contributed by atoms with van der Waals surface area (Å²) in [6.45, 7) is 5.02. The van der Waals surface area contributed by atoms with E-state index in [1.807, 2.05) is 0 Å². The Morgan fingerprint density at radius 2 is 1.81 bits per heavy atom. The van der Waals surface area contributed by atoms with Crippen LogP contribution in [-0.2, 0) is 4.79 Å². The fourth-order valence-electron chi connectivity index (χ4n) is 7.75. The third-order valence-electron chi connectivity index (χ3n) is 9.41. The highest BCUT2D eigenvalue weighted by Crippen LogP contribution is 2.67. The van der Waals surface area contributed by atoms with Crippen LogP contribution in [-0.4, -0.2) is 34.4 Å². The summed E-state index contributed by atoms with van der Waals surface area (Å²) in [6, 6.07) is 0.360. The molecule has 0 aromatic rings. The number of carbonyl (C=O) groups is 1. The molecular formula is C22H37NO3. The van der Waals surface area contributed by atoms with Gasteiger partial charge in [-0.25, -0.2) is 0 Å². The third kappa shape index (κ3) is 2.58. The summed E-state index contributed by atoms with van der Waals surface area (Å²) in [6.07, 6.45) is 11.0. The van der Waals surface area contributed by atoms with E-state index < -0.39 is 5.60 Å². The van der Waals surface area contributed by atoms with Crippen molar-refractivity contribution in [2.24, 2.45) is 28.6 Å². The molecular weight excluding hydrogens is 326 g/mol. The number of hydrogen-bond donors (Lipinski definition) is 3. The molecule has 1 saturated heterocycles. The molecule has 0 unspecified atom stereocenters. The second-order valence-electron chi connectivity index (χ2n) is 10.3. The molecule has 148 valence electrons. The van der Waals surface area contributed by atoms with E-state index in [2.05, 4.69) is 19.2 Å². The minimum Gasteiger partial charge on any atom is -0.396 e. The van der Waals surface area contributed by atoms with Gasteiger partial charge in [0.15, 0.2) is 0 Å². The first kappa shape index (κ1) is 18.7. The van der Waals surface area contributed by atoms with Crippen molar-refractivity contribution in [3.05, 3.63) is 0 Å². The van der Waals surface area contributed by atoms with E-state index in [1.54, 1.807) is 0 Å². The molecule has 0 spiro atoms. The van der Waals surface area contributed by atoms with Crippen molar-refractivity contribution < 1.29 is 15.0 Å². The predicted octanol–water partition coefficient (Wildman–Crippen LogP) is 3.40. The largest absolute Gasteiger partial charge is 0.396 e. The molecule has 4 heteroatoms. The normalized spacial score (nSPS) is 50.5. The number of carbonyl (C=O) groups excluding carboxylic acids is 1. The van der Waals surface area contributed by atoms with Gasteiger partial charge in [-0.2, -0.15) is 0 Å². The number of piperidine rings is 1. The lowest BCUT2D eigenvalue weighted by atomic mass is 9.46. The Hall–Kier alpha value is -0.610. The molecule has 4 nitrogen and oxygen atoms in total. The summed E-state index contributed by atoms with van der Waals surface area (Å²) in [5.74, 6) is 2.26. The molecule has 3 N–H and O–H groups in total. The maximum absolute atomic E-state index is 11.9. The van der Waals surface area contributed by atoms with Crippen LogP contribution in [0.15, 0.2) is 0 Å². The Morgan fingerprint density at radius 3 is 2.58 bits per heavy atom. The highest BCUT2D eigenvalue weighted by Gasteiger charge is 2.64. The van der Waals surface area contributed by atoms with Gasteiger partial charge >= 0.3 is 0 Å². The average Bonchev–Trinajstić information content (AvgIpc) is 2.87. The first-order valence-electron chi connectivity index (χ1n) is 11.0. The molecule has 1 amide bonds. The summed E-state index contributed by atoms with van der Waals surface area (Å²) >= 11 is 0. The number of amides is 1. The molecule has 4 rings (SSSR count). The number of nitrogens with one attached hydrogen (secondary N) is 1. The molecule has 0 aromatic heterocycles. The Morgan fingerprint density at radius 1 is 1.04 bits per heavy atom. The van der Waals surface area contributed by atoms with Crippen LogP contribution in [0.5, 0.6) is 0 Å². The van der Waals surface area contributed by atoms with Gasteiger partial charge < -0.3 is 15.5 Å². The zero-order chi connectivity index (χ0) is 18.6. The molecule has 1 aliphatic heterocycles. The molecule has 26 heavy (non-hydrogen) atoms. The van der Waals surface area contributed by atoms with Crippen molar-refractivity contribution in [2.75, 3.05) is 6.61 Å². The predicted molar refractivity (Wildman–Crippen MR) is 101 cm³/mol. The quantitative estimate of drug-likeness (QED) is 0.671. The van der Waals surface area contributed by atoms with E-state index >= 15 is 0 Å². The van der Waals surface area contributed by atoms with E-state index in [-0.39, 0.29) is 23.3 Å². The van der Waals surface area contributed by atoms with Gasteiger partial charge in [0, 0.05) is 19.1 Å². The molecule has 4 aliphatic rings. The lowest BCUT2D eigenvalue weighted by molar-refractivity contribution is -0.153. The van der Waals surface area contributed by atoms with Crippen LogP contribution in [0, 0.1) is 28.6 Å². The first-order valence-corrected chi connectivity index (χ1v) is 11.0. The highest BCUT2D eigenvalue weighted by molar-refractivity contribution is 5.77. The van der Waals surface area contributed by atoms with Gasteiger partial charge in [-0.05, 0) is 92.8 Å². The zero-order valence-electron chi connectivity index (χ0n) is 16.6. The average molecular weight is 364 g/mol. The van der Waals surface area contributed by atoms with Gasteiger partial charge in [0.2, 0.25) is 5.91 Å². The lowest BCUT2D eigenvalue weighted by Gasteiger charge is -2.61. The summed E-state index contributed by atoms with van der Waals surface area (Å²) in [5.41, 5.74) is -0.267. The lowest BCUT2D eigenvalue weighted by Crippen LogP contribution is -2.62. The van der Waals surface area contributed by atoms with Crippen LogP contribution in [0.3, 0.4) is 0 Å². The van der Waals surface area contributed by atoms with Crippen LogP contribution in [0.4, 0.5) is 0 Å². The third-order valence-corrected chi connectivity index (χ3v) is 9.41. The first-order chi connectivity index (χ1) is 12.3. The number of aliphatic hydroxyl groups is 2. The van der Waals surface area contributed by atoms with Crippen molar-refractivity contribution in [1.82, 2.24) is 5.32 Å². The van der Waals surface area contributed by atoms with Gasteiger partial charge in [-0.15, -0.1) is 0 Å². The molecule has 4 fully saturated rings. The van der Waals surface area contributed by atoms with Gasteiger partial charge in [0.25, 0.3) is 0 Å². The second-order valence-corrected chi connectivity index (χ2v) is 10.3. The fourth-order valence-corrected chi connectivity index (χ4v) is 7.75. The van der Waals surface area contributed by atoms with Crippen molar-refractivity contribution in [1.29, 1.82) is 0 Å². The number of fused-ring (bicyclic) bond motifs is 5. The van der Waals surface area contributed by atoms with Gasteiger partial charge in [-0.1, -0.05) is 13.8 Å². The van der Waals surface area contributed by atoms with Crippen molar-refractivity contribution in [3.63, 3.8) is 0 Å². The Balaban J connectivity index is 1.55. The molecule has 0 bridgehead atoms. The number of rotatable bonds is 4. The number of hydrogen-bond acceptors (Lipinski definition) is 3. The van der Waals surface area contributed by atoms with Crippen LogP contribution >= 0.6 is 0 Å². The van der Waals surface area contributed by atoms with Crippen LogP contribution in [0.2, 0.25) is 0 Å². The summed E-state index contributed by atoms with van der Waals surface area (Å²) in [7, 11) is 0. The highest BCUT2D eigenvalue weighted by atomic mass is 16.3. The van der Waals surface area contributed by atoms with Gasteiger partial charge in [0.1, 0.15) is 0 Å². The number of aliphatic hydroxyl groups excluding tert-OH is 1. The number of unbranched alkanes of at least 4 members (excludes halogenated alkanes) is 1. The maximum Gasteiger partial charge on any atom is 0.220 e. The van der Waals surface area contributed by atoms with Crippen molar-refractivity contribution >= 4 is 5.91 Å². The van der Waals surface area contributed by atoms with E-state index in [0.717, 1.165) is 51.4 Å². The van der Waals surface area contributed by atoms with Crippen LogP contribution < -0.4 is 5.32 Å². The summed E-state index contributed by atoms with van der Waals surface area (Å²) in [4.78, 5) is 11.9. The standard InChI is InChI=1S/C22H37NO3/c1-20-11-9-19(25)23-18(20)6-5-15-16(20)7-12-21(2)17(15)8-13-22(21,26)10-3-4-14-24/h15-18,24,26H,3-14H2,1-2H3,(H,23,25)/t15-,16+,17+,18-,20-,21+,22+/m1/s1. The Bertz CT molecular complexity index is 566. The second kappa shape index (κ2) is 6.48. The van der Waals surface area contributed by atoms with E-state index in [1.165, 1.54) is 12.8 Å². The fraction of sp³-hybridized carbons (Fsp3) is 0.955. The van der Waals surface area contributed by atoms with E-state index in [4.69, 9.17) is 5.11 Å². The smallest absolute Gasteiger partial charge is 0.220 e.